The minimum Gasteiger partial charge on any atom is -0.493 e. The van der Waals surface area contributed by atoms with Crippen LogP contribution in [0.4, 0.5) is 0 Å². The first-order chi connectivity index (χ1) is 9.10. The van der Waals surface area contributed by atoms with Gasteiger partial charge in [-0.2, -0.15) is 0 Å². The number of nitrogens with two attached hydrogens (primary N) is 1. The van der Waals surface area contributed by atoms with E-state index in [1.54, 1.807) is 14.2 Å². The molecule has 0 aliphatic heterocycles. The van der Waals surface area contributed by atoms with Crippen LogP contribution in [0.2, 0.25) is 0 Å². The van der Waals surface area contributed by atoms with E-state index in [1.807, 2.05) is 12.1 Å². The number of para-hydroxylation sites is 1. The van der Waals surface area contributed by atoms with Gasteiger partial charge in [0, 0.05) is 18.2 Å². The molecule has 0 radical (unpaired) electrons. The van der Waals surface area contributed by atoms with Crippen molar-refractivity contribution in [2.75, 3.05) is 27.8 Å². The lowest BCUT2D eigenvalue weighted by atomic mass is 10.0. The molecule has 19 heavy (non-hydrogen) atoms. The zero-order chi connectivity index (χ0) is 14.4. The predicted molar refractivity (Wildman–Crippen MR) is 78.9 cm³/mol. The second-order valence-corrected chi connectivity index (χ2v) is 4.76. The third kappa shape index (κ3) is 3.39. The van der Waals surface area contributed by atoms with E-state index in [0.29, 0.717) is 12.6 Å². The van der Waals surface area contributed by atoms with Crippen LogP contribution in [0.3, 0.4) is 0 Å². The van der Waals surface area contributed by atoms with Crippen LogP contribution in [-0.4, -0.2) is 38.8 Å². The van der Waals surface area contributed by atoms with Crippen LogP contribution in [0.15, 0.2) is 18.2 Å². The number of hydrogen-bond acceptors (Lipinski definition) is 4. The van der Waals surface area contributed by atoms with Gasteiger partial charge in [0.25, 0.3) is 0 Å². The van der Waals surface area contributed by atoms with Gasteiger partial charge in [0.15, 0.2) is 11.5 Å². The minimum atomic E-state index is 0.125. The van der Waals surface area contributed by atoms with Crippen LogP contribution in [-0.2, 0) is 0 Å². The average molecular weight is 266 g/mol. The molecule has 4 nitrogen and oxygen atoms in total. The Balaban J connectivity index is 3.17. The molecule has 1 aromatic carbocycles. The Kier molecular flexibility index (Phi) is 6.12. The molecule has 0 amide bonds. The Bertz CT molecular complexity index is 396. The van der Waals surface area contributed by atoms with E-state index in [4.69, 9.17) is 15.2 Å². The summed E-state index contributed by atoms with van der Waals surface area (Å²) >= 11 is 0. The van der Waals surface area contributed by atoms with Gasteiger partial charge in [-0.05, 0) is 26.5 Å². The fourth-order valence-electron chi connectivity index (χ4n) is 2.28. The summed E-state index contributed by atoms with van der Waals surface area (Å²) < 4.78 is 10.9. The summed E-state index contributed by atoms with van der Waals surface area (Å²) in [4.78, 5) is 2.29. The highest BCUT2D eigenvalue weighted by molar-refractivity contribution is 5.48. The molecule has 4 heteroatoms. The standard InChI is InChI=1S/C15H26N2O2/c1-6-11(2)17(3)13(10-16)12-8-7-9-14(18-4)15(12)19-5/h7-9,11,13H,6,10,16H2,1-5H3. The Morgan fingerprint density at radius 1 is 1.26 bits per heavy atom. The van der Waals surface area contributed by atoms with Gasteiger partial charge in [-0.1, -0.05) is 19.1 Å². The molecule has 0 saturated heterocycles. The molecule has 2 N–H and O–H groups in total. The molecule has 0 bridgehead atoms. The smallest absolute Gasteiger partial charge is 0.165 e. The highest BCUT2D eigenvalue weighted by Gasteiger charge is 2.24. The van der Waals surface area contributed by atoms with Crippen molar-refractivity contribution >= 4 is 0 Å². The van der Waals surface area contributed by atoms with Crippen LogP contribution in [0.25, 0.3) is 0 Å². The van der Waals surface area contributed by atoms with Crippen molar-refractivity contribution in [1.29, 1.82) is 0 Å². The van der Waals surface area contributed by atoms with Crippen LogP contribution >= 0.6 is 0 Å². The molecule has 1 aromatic rings. The number of hydrogen-bond donors (Lipinski definition) is 1. The number of likely N-dealkylation sites (N-methyl/N-ethyl adjacent to an activating group) is 1. The number of ether oxygens (including phenoxy) is 2. The van der Waals surface area contributed by atoms with E-state index < -0.39 is 0 Å². The van der Waals surface area contributed by atoms with E-state index in [2.05, 4.69) is 31.9 Å². The monoisotopic (exact) mass is 266 g/mol. The topological polar surface area (TPSA) is 47.7 Å². The van der Waals surface area contributed by atoms with Gasteiger partial charge in [0.05, 0.1) is 20.3 Å². The van der Waals surface area contributed by atoms with E-state index in [0.717, 1.165) is 23.5 Å². The van der Waals surface area contributed by atoms with Gasteiger partial charge >= 0.3 is 0 Å². The summed E-state index contributed by atoms with van der Waals surface area (Å²) in [6.07, 6.45) is 1.08. The molecule has 0 aromatic heterocycles. The summed E-state index contributed by atoms with van der Waals surface area (Å²) in [6, 6.07) is 6.52. The quantitative estimate of drug-likeness (QED) is 0.823. The van der Waals surface area contributed by atoms with Crippen molar-refractivity contribution in [3.05, 3.63) is 23.8 Å². The lowest BCUT2D eigenvalue weighted by Gasteiger charge is -2.33. The Morgan fingerprint density at radius 3 is 2.42 bits per heavy atom. The lowest BCUT2D eigenvalue weighted by molar-refractivity contribution is 0.181. The maximum Gasteiger partial charge on any atom is 0.165 e. The van der Waals surface area contributed by atoms with E-state index in [9.17, 15) is 0 Å². The molecule has 0 fully saturated rings. The first kappa shape index (κ1) is 15.8. The fourth-order valence-corrected chi connectivity index (χ4v) is 2.28. The molecule has 1 rings (SSSR count). The Labute approximate surface area is 116 Å². The highest BCUT2D eigenvalue weighted by atomic mass is 16.5. The summed E-state index contributed by atoms with van der Waals surface area (Å²) in [7, 11) is 5.42. The molecule has 0 heterocycles. The number of methoxy groups -OCH3 is 2. The van der Waals surface area contributed by atoms with Gasteiger partial charge in [0.2, 0.25) is 0 Å². The molecule has 2 atom stereocenters. The summed E-state index contributed by atoms with van der Waals surface area (Å²) in [5, 5.41) is 0. The summed E-state index contributed by atoms with van der Waals surface area (Å²) in [5.41, 5.74) is 7.05. The fraction of sp³-hybridized carbons (Fsp3) is 0.600. The van der Waals surface area contributed by atoms with E-state index in [-0.39, 0.29) is 6.04 Å². The lowest BCUT2D eigenvalue weighted by Crippen LogP contribution is -2.36. The maximum absolute atomic E-state index is 5.98. The van der Waals surface area contributed by atoms with E-state index >= 15 is 0 Å². The average Bonchev–Trinajstić information content (AvgIpc) is 2.46. The van der Waals surface area contributed by atoms with Crippen molar-refractivity contribution in [2.24, 2.45) is 5.73 Å². The van der Waals surface area contributed by atoms with Crippen molar-refractivity contribution in [1.82, 2.24) is 4.90 Å². The van der Waals surface area contributed by atoms with Gasteiger partial charge < -0.3 is 15.2 Å². The number of rotatable bonds is 7. The number of benzene rings is 1. The molecule has 0 aliphatic rings. The SMILES string of the molecule is CCC(C)N(C)C(CN)c1cccc(OC)c1OC. The first-order valence-electron chi connectivity index (χ1n) is 6.73. The van der Waals surface area contributed by atoms with Gasteiger partial charge in [-0.25, -0.2) is 0 Å². The van der Waals surface area contributed by atoms with Crippen molar-refractivity contribution in [2.45, 2.75) is 32.4 Å². The largest absolute Gasteiger partial charge is 0.493 e. The van der Waals surface area contributed by atoms with Crippen LogP contribution in [0.5, 0.6) is 11.5 Å². The third-order valence-corrected chi connectivity index (χ3v) is 3.79. The molecule has 2 unspecified atom stereocenters. The summed E-state index contributed by atoms with van der Waals surface area (Å²) in [5.74, 6) is 1.52. The zero-order valence-electron chi connectivity index (χ0n) is 12.6. The zero-order valence-corrected chi connectivity index (χ0v) is 12.6. The van der Waals surface area contributed by atoms with Crippen LogP contribution < -0.4 is 15.2 Å². The molecule has 0 spiro atoms. The predicted octanol–water partition coefficient (Wildman–Crippen LogP) is 2.43. The second-order valence-electron chi connectivity index (χ2n) is 4.76. The maximum atomic E-state index is 5.98. The Hall–Kier alpha value is -1.26. The minimum absolute atomic E-state index is 0.125. The summed E-state index contributed by atoms with van der Waals surface area (Å²) in [6.45, 7) is 4.93. The third-order valence-electron chi connectivity index (χ3n) is 3.79. The van der Waals surface area contributed by atoms with Gasteiger partial charge in [-0.15, -0.1) is 0 Å². The van der Waals surface area contributed by atoms with Gasteiger partial charge in [-0.3, -0.25) is 4.90 Å². The highest BCUT2D eigenvalue weighted by Crippen LogP contribution is 2.36. The van der Waals surface area contributed by atoms with Crippen LogP contribution in [0, 0.1) is 0 Å². The molecule has 0 aliphatic carbocycles. The first-order valence-corrected chi connectivity index (χ1v) is 6.73. The molecule has 0 saturated carbocycles. The van der Waals surface area contributed by atoms with Crippen molar-refractivity contribution in [3.63, 3.8) is 0 Å². The van der Waals surface area contributed by atoms with Crippen molar-refractivity contribution in [3.8, 4) is 11.5 Å². The van der Waals surface area contributed by atoms with Crippen molar-refractivity contribution < 1.29 is 9.47 Å². The molecular formula is C15H26N2O2. The Morgan fingerprint density at radius 2 is 1.95 bits per heavy atom. The molecule has 108 valence electrons. The second kappa shape index (κ2) is 7.36. The normalized spacial score (nSPS) is 14.3. The van der Waals surface area contributed by atoms with Gasteiger partial charge in [0.1, 0.15) is 0 Å². The van der Waals surface area contributed by atoms with Crippen LogP contribution in [0.1, 0.15) is 31.9 Å². The number of nitrogens with zero attached hydrogens (tertiary/aromatic N) is 1. The molecular weight excluding hydrogens is 240 g/mol. The van der Waals surface area contributed by atoms with E-state index in [1.165, 1.54) is 0 Å².